The van der Waals surface area contributed by atoms with E-state index in [0.717, 1.165) is 19.3 Å². The molecule has 2 aliphatic rings. The molecule has 9 heteroatoms. The lowest BCUT2D eigenvalue weighted by atomic mass is 9.75. The van der Waals surface area contributed by atoms with Crippen molar-refractivity contribution in [3.8, 4) is 0 Å². The Balaban J connectivity index is 1.99. The number of primary amides is 1. The number of halogens is 3. The molecule has 1 saturated carbocycles. The summed E-state index contributed by atoms with van der Waals surface area (Å²) < 4.78 is 70.7. The summed E-state index contributed by atoms with van der Waals surface area (Å²) in [5.74, 6) is -2.52. The van der Waals surface area contributed by atoms with Crippen LogP contribution in [0.4, 0.5) is 13.2 Å². The molecular weight excluding hydrogens is 465 g/mol. The number of rotatable bonds is 6. The lowest BCUT2D eigenvalue weighted by Crippen LogP contribution is -2.27. The molecule has 0 spiro atoms. The van der Waals surface area contributed by atoms with Crippen molar-refractivity contribution in [3.05, 3.63) is 64.2 Å². The molecule has 1 saturated heterocycles. The van der Waals surface area contributed by atoms with Crippen LogP contribution < -0.4 is 11.1 Å². The number of alkyl halides is 3. The van der Waals surface area contributed by atoms with Gasteiger partial charge in [-0.2, -0.15) is 13.2 Å². The first-order valence-corrected chi connectivity index (χ1v) is 13.3. The maximum absolute atomic E-state index is 14.8. The van der Waals surface area contributed by atoms with Crippen LogP contribution in [0.1, 0.15) is 83.0 Å². The highest BCUT2D eigenvalue weighted by Gasteiger charge is 2.43. The number of nitrogens with two attached hydrogens (primary N) is 1. The number of nitrogens with one attached hydrogen (secondary N) is 1. The van der Waals surface area contributed by atoms with Crippen LogP contribution in [-0.2, 0) is 21.8 Å². The third kappa shape index (κ3) is 5.00. The Hall–Kier alpha value is -2.39. The molecule has 3 N–H and O–H groups in total. The zero-order valence-corrected chi connectivity index (χ0v) is 19.6. The smallest absolute Gasteiger partial charge is 0.366 e. The molecule has 5 nitrogen and oxygen atoms in total. The van der Waals surface area contributed by atoms with E-state index in [-0.39, 0.29) is 27.1 Å². The number of hydrogen-bond acceptors (Lipinski definition) is 4. The number of benzene rings is 2. The molecule has 4 rings (SSSR count). The largest absolute Gasteiger partial charge is 0.416 e. The van der Waals surface area contributed by atoms with Crippen molar-refractivity contribution in [1.29, 1.82) is 0 Å². The minimum Gasteiger partial charge on any atom is -0.366 e. The molecule has 1 amide bonds. The molecule has 2 aromatic carbocycles. The van der Waals surface area contributed by atoms with Crippen molar-refractivity contribution in [2.24, 2.45) is 5.73 Å². The van der Waals surface area contributed by atoms with Crippen molar-refractivity contribution in [2.75, 3.05) is 13.1 Å². The predicted molar refractivity (Wildman–Crippen MR) is 123 cm³/mol. The van der Waals surface area contributed by atoms with Crippen LogP contribution in [0.5, 0.6) is 0 Å². The van der Waals surface area contributed by atoms with Gasteiger partial charge in [0, 0.05) is 12.1 Å². The quantitative estimate of drug-likeness (QED) is 0.598. The maximum atomic E-state index is 14.8. The average Bonchev–Trinajstić information content (AvgIpc) is 3.33. The molecule has 2 fully saturated rings. The van der Waals surface area contributed by atoms with Crippen molar-refractivity contribution >= 4 is 15.7 Å². The lowest BCUT2D eigenvalue weighted by Gasteiger charge is -2.31. The first kappa shape index (κ1) is 24.7. The number of carbonyl (C=O) groups excluding carboxylic acids is 1. The second-order valence-electron chi connectivity index (χ2n) is 9.24. The van der Waals surface area contributed by atoms with Crippen LogP contribution in [0.2, 0.25) is 0 Å². The number of amides is 1. The van der Waals surface area contributed by atoms with Gasteiger partial charge in [0.1, 0.15) is 0 Å². The van der Waals surface area contributed by atoms with E-state index in [1.165, 1.54) is 18.2 Å². The first-order chi connectivity index (χ1) is 16.1. The summed E-state index contributed by atoms with van der Waals surface area (Å²) >= 11 is 0. The van der Waals surface area contributed by atoms with Gasteiger partial charge in [0.05, 0.1) is 16.2 Å². The summed E-state index contributed by atoms with van der Waals surface area (Å²) in [6.07, 6.45) is -0.681. The van der Waals surface area contributed by atoms with Crippen molar-refractivity contribution in [3.63, 3.8) is 0 Å². The number of hydrogen-bond donors (Lipinski definition) is 2. The standard InChI is InChI=1S/C25H29F3N2O3S/c26-25(27,28)23-21(16-7-3-1-4-8-16)18(15-34(32,33)19-9-5-2-6-10-19)13-20(24(29)31)22(23)17-11-12-30-14-17/h2,5-6,9-10,13,16-17,30H,1,3-4,7-8,11-12,14-15H2,(H2,29,31). The highest BCUT2D eigenvalue weighted by molar-refractivity contribution is 7.90. The topological polar surface area (TPSA) is 89.3 Å². The summed E-state index contributed by atoms with van der Waals surface area (Å²) in [5.41, 5.74) is 4.52. The van der Waals surface area contributed by atoms with Gasteiger partial charge >= 0.3 is 6.18 Å². The van der Waals surface area contributed by atoms with Crippen molar-refractivity contribution in [2.45, 2.75) is 67.2 Å². The van der Waals surface area contributed by atoms with E-state index in [1.54, 1.807) is 18.2 Å². The van der Waals surface area contributed by atoms with Gasteiger partial charge in [-0.1, -0.05) is 37.5 Å². The fourth-order valence-corrected chi connectivity index (χ4v) is 6.88. The van der Waals surface area contributed by atoms with Crippen LogP contribution in [0, 0.1) is 0 Å². The molecule has 0 aromatic heterocycles. The molecule has 1 unspecified atom stereocenters. The Labute approximate surface area is 197 Å². The Morgan fingerprint density at radius 2 is 1.68 bits per heavy atom. The minimum atomic E-state index is -4.75. The number of sulfone groups is 1. The van der Waals surface area contributed by atoms with Gasteiger partial charge in [0.15, 0.2) is 9.84 Å². The highest BCUT2D eigenvalue weighted by atomic mass is 32.2. The monoisotopic (exact) mass is 494 g/mol. The summed E-state index contributed by atoms with van der Waals surface area (Å²) in [7, 11) is -3.94. The fourth-order valence-electron chi connectivity index (χ4n) is 5.50. The normalized spacial score (nSPS) is 19.9. The van der Waals surface area contributed by atoms with Gasteiger partial charge in [-0.25, -0.2) is 8.42 Å². The second kappa shape index (κ2) is 9.70. The van der Waals surface area contributed by atoms with Gasteiger partial charge in [-0.15, -0.1) is 0 Å². The molecule has 1 aliphatic heterocycles. The zero-order valence-electron chi connectivity index (χ0n) is 18.8. The SMILES string of the molecule is NC(=O)c1cc(CS(=O)(=O)c2ccccc2)c(C2CCCCC2)c(C(F)(F)F)c1C1CCNC1. The third-order valence-electron chi connectivity index (χ3n) is 6.97. The van der Waals surface area contributed by atoms with E-state index in [1.807, 2.05) is 0 Å². The first-order valence-electron chi connectivity index (χ1n) is 11.6. The molecular formula is C25H29F3N2O3S. The Morgan fingerprint density at radius 1 is 1.00 bits per heavy atom. The molecule has 1 aliphatic carbocycles. The van der Waals surface area contributed by atoms with E-state index in [2.05, 4.69) is 5.32 Å². The lowest BCUT2D eigenvalue weighted by molar-refractivity contribution is -0.139. The Kier molecular flexibility index (Phi) is 7.05. The molecule has 34 heavy (non-hydrogen) atoms. The predicted octanol–water partition coefficient (Wildman–Crippen LogP) is 4.90. The summed E-state index contributed by atoms with van der Waals surface area (Å²) in [6.45, 7) is 0.859. The molecule has 0 radical (unpaired) electrons. The van der Waals surface area contributed by atoms with Gasteiger partial charge in [-0.05, 0) is 72.5 Å². The zero-order chi connectivity index (χ0) is 24.5. The van der Waals surface area contributed by atoms with Crippen molar-refractivity contribution < 1.29 is 26.4 Å². The van der Waals surface area contributed by atoms with Crippen LogP contribution in [0.25, 0.3) is 0 Å². The molecule has 1 heterocycles. The van der Waals surface area contributed by atoms with E-state index < -0.39 is 45.1 Å². The summed E-state index contributed by atoms with van der Waals surface area (Å²) in [6, 6.07) is 8.99. The van der Waals surface area contributed by atoms with E-state index in [0.29, 0.717) is 32.4 Å². The Bertz CT molecular complexity index is 1150. The molecule has 1 atom stereocenters. The maximum Gasteiger partial charge on any atom is 0.416 e. The molecule has 2 aromatic rings. The summed E-state index contributed by atoms with van der Waals surface area (Å²) in [5, 5.41) is 3.07. The van der Waals surface area contributed by atoms with Gasteiger partial charge in [0.25, 0.3) is 0 Å². The van der Waals surface area contributed by atoms with Crippen molar-refractivity contribution in [1.82, 2.24) is 5.32 Å². The Morgan fingerprint density at radius 3 is 2.24 bits per heavy atom. The summed E-state index contributed by atoms with van der Waals surface area (Å²) in [4.78, 5) is 12.4. The highest BCUT2D eigenvalue weighted by Crippen LogP contribution is 2.48. The second-order valence-corrected chi connectivity index (χ2v) is 11.2. The third-order valence-corrected chi connectivity index (χ3v) is 8.65. The van der Waals surface area contributed by atoms with Crippen LogP contribution >= 0.6 is 0 Å². The van der Waals surface area contributed by atoms with Crippen LogP contribution in [0.15, 0.2) is 41.3 Å². The number of carbonyl (C=O) groups is 1. The van der Waals surface area contributed by atoms with Crippen LogP contribution in [0.3, 0.4) is 0 Å². The molecule has 0 bridgehead atoms. The van der Waals surface area contributed by atoms with E-state index in [4.69, 9.17) is 5.73 Å². The van der Waals surface area contributed by atoms with Gasteiger partial charge < -0.3 is 11.1 Å². The molecule has 184 valence electrons. The fraction of sp³-hybridized carbons (Fsp3) is 0.480. The van der Waals surface area contributed by atoms with Crippen LogP contribution in [-0.4, -0.2) is 27.4 Å². The van der Waals surface area contributed by atoms with Gasteiger partial charge in [-0.3, -0.25) is 4.79 Å². The van der Waals surface area contributed by atoms with Gasteiger partial charge in [0.2, 0.25) is 5.91 Å². The minimum absolute atomic E-state index is 0.0304. The average molecular weight is 495 g/mol. The van der Waals surface area contributed by atoms with E-state index >= 15 is 0 Å². The van der Waals surface area contributed by atoms with E-state index in [9.17, 15) is 26.4 Å².